The van der Waals surface area contributed by atoms with E-state index in [-0.39, 0.29) is 5.54 Å². The fourth-order valence-electron chi connectivity index (χ4n) is 1.62. The Morgan fingerprint density at radius 2 is 2.11 bits per heavy atom. The van der Waals surface area contributed by atoms with Gasteiger partial charge >= 0.3 is 0 Å². The zero-order valence-corrected chi connectivity index (χ0v) is 11.8. The molecule has 0 aliphatic carbocycles. The minimum atomic E-state index is -0.0290. The summed E-state index contributed by atoms with van der Waals surface area (Å²) in [6.07, 6.45) is 3.54. The van der Waals surface area contributed by atoms with Crippen molar-refractivity contribution in [3.63, 3.8) is 0 Å². The maximum absolute atomic E-state index is 5.68. The molecule has 0 bridgehead atoms. The summed E-state index contributed by atoms with van der Waals surface area (Å²) in [5.74, 6) is 2.06. The fraction of sp³-hybridized carbons (Fsp3) is 0.429. The molecule has 0 fully saturated rings. The summed E-state index contributed by atoms with van der Waals surface area (Å²) < 4.78 is 7.49. The molecule has 0 atom stereocenters. The molecular weight excluding hydrogens is 240 g/mol. The van der Waals surface area contributed by atoms with Crippen LogP contribution in [0.15, 0.2) is 30.6 Å². The Balaban J connectivity index is 2.10. The average Bonchev–Trinajstić information content (AvgIpc) is 2.75. The molecular formula is C14H20N4O. The Labute approximate surface area is 113 Å². The molecule has 102 valence electrons. The van der Waals surface area contributed by atoms with Gasteiger partial charge in [0, 0.05) is 18.2 Å². The van der Waals surface area contributed by atoms with E-state index in [2.05, 4.69) is 36.2 Å². The van der Waals surface area contributed by atoms with Crippen LogP contribution in [0, 0.1) is 0 Å². The molecule has 0 aromatic carbocycles. The van der Waals surface area contributed by atoms with Crippen molar-refractivity contribution < 1.29 is 4.74 Å². The van der Waals surface area contributed by atoms with Gasteiger partial charge in [-0.1, -0.05) is 6.07 Å². The van der Waals surface area contributed by atoms with Gasteiger partial charge in [0.15, 0.2) is 5.75 Å². The highest BCUT2D eigenvalue weighted by Gasteiger charge is 2.10. The van der Waals surface area contributed by atoms with Crippen molar-refractivity contribution in [1.29, 1.82) is 0 Å². The minimum absolute atomic E-state index is 0.0290. The highest BCUT2D eigenvalue weighted by molar-refractivity contribution is 5.40. The number of aromatic nitrogens is 3. The van der Waals surface area contributed by atoms with E-state index in [1.54, 1.807) is 6.20 Å². The molecule has 2 aromatic heterocycles. The van der Waals surface area contributed by atoms with Crippen LogP contribution in [0.1, 0.15) is 27.7 Å². The van der Waals surface area contributed by atoms with Gasteiger partial charge in [0.2, 0.25) is 5.88 Å². The second kappa shape index (κ2) is 5.30. The molecule has 2 heterocycles. The highest BCUT2D eigenvalue weighted by Crippen LogP contribution is 2.21. The summed E-state index contributed by atoms with van der Waals surface area (Å²) in [5.41, 5.74) is -0.0290. The van der Waals surface area contributed by atoms with E-state index in [9.17, 15) is 0 Å². The smallest absolute Gasteiger partial charge is 0.221 e. The van der Waals surface area contributed by atoms with Crippen molar-refractivity contribution in [3.8, 4) is 11.6 Å². The summed E-state index contributed by atoms with van der Waals surface area (Å²) in [5, 5.41) is 7.47. The Morgan fingerprint density at radius 3 is 2.74 bits per heavy atom. The van der Waals surface area contributed by atoms with E-state index < -0.39 is 0 Å². The summed E-state index contributed by atoms with van der Waals surface area (Å²) in [6, 6.07) is 5.67. The lowest BCUT2D eigenvalue weighted by molar-refractivity contribution is 0.461. The Hall–Kier alpha value is -2.04. The SMILES string of the molecule is CCn1cc(Oc2cccc(NC(C)(C)C)n2)cn1. The summed E-state index contributed by atoms with van der Waals surface area (Å²) in [7, 11) is 0. The third kappa shape index (κ3) is 3.98. The second-order valence-electron chi connectivity index (χ2n) is 5.37. The Kier molecular flexibility index (Phi) is 3.74. The zero-order valence-electron chi connectivity index (χ0n) is 11.8. The molecule has 0 radical (unpaired) electrons. The van der Waals surface area contributed by atoms with Crippen LogP contribution in [0.4, 0.5) is 5.82 Å². The van der Waals surface area contributed by atoms with Gasteiger partial charge in [-0.05, 0) is 33.8 Å². The standard InChI is InChI=1S/C14H20N4O/c1-5-18-10-11(9-15-18)19-13-8-6-7-12(16-13)17-14(2,3)4/h6-10H,5H2,1-4H3,(H,16,17). The van der Waals surface area contributed by atoms with Gasteiger partial charge in [-0.25, -0.2) is 0 Å². The summed E-state index contributed by atoms with van der Waals surface area (Å²) >= 11 is 0. The molecule has 5 heteroatoms. The van der Waals surface area contributed by atoms with Gasteiger partial charge in [0.1, 0.15) is 5.82 Å². The van der Waals surface area contributed by atoms with Crippen LogP contribution in [0.3, 0.4) is 0 Å². The number of nitrogens with one attached hydrogen (secondary N) is 1. The van der Waals surface area contributed by atoms with Gasteiger partial charge in [-0.3, -0.25) is 4.68 Å². The van der Waals surface area contributed by atoms with Gasteiger partial charge in [-0.15, -0.1) is 0 Å². The maximum Gasteiger partial charge on any atom is 0.221 e. The second-order valence-corrected chi connectivity index (χ2v) is 5.37. The number of aryl methyl sites for hydroxylation is 1. The molecule has 19 heavy (non-hydrogen) atoms. The quantitative estimate of drug-likeness (QED) is 0.916. The third-order valence-electron chi connectivity index (χ3n) is 2.38. The van der Waals surface area contributed by atoms with E-state index >= 15 is 0 Å². The zero-order chi connectivity index (χ0) is 13.9. The largest absolute Gasteiger partial charge is 0.436 e. The van der Waals surface area contributed by atoms with E-state index in [1.165, 1.54) is 0 Å². The van der Waals surface area contributed by atoms with Crippen LogP contribution >= 0.6 is 0 Å². The van der Waals surface area contributed by atoms with Crippen LogP contribution < -0.4 is 10.1 Å². The van der Waals surface area contributed by atoms with Gasteiger partial charge in [0.25, 0.3) is 0 Å². The average molecular weight is 260 g/mol. The number of hydrogen-bond donors (Lipinski definition) is 1. The number of ether oxygens (including phenoxy) is 1. The van der Waals surface area contributed by atoms with Crippen molar-refractivity contribution in [1.82, 2.24) is 14.8 Å². The van der Waals surface area contributed by atoms with E-state index in [0.29, 0.717) is 11.6 Å². The van der Waals surface area contributed by atoms with Crippen molar-refractivity contribution in [2.24, 2.45) is 0 Å². The first kappa shape index (κ1) is 13.4. The molecule has 0 unspecified atom stereocenters. The molecule has 2 rings (SSSR count). The third-order valence-corrected chi connectivity index (χ3v) is 2.38. The van der Waals surface area contributed by atoms with Gasteiger partial charge < -0.3 is 10.1 Å². The molecule has 0 aliphatic rings. The molecule has 1 N–H and O–H groups in total. The number of nitrogens with zero attached hydrogens (tertiary/aromatic N) is 3. The van der Waals surface area contributed by atoms with E-state index in [1.807, 2.05) is 36.0 Å². The lowest BCUT2D eigenvalue weighted by atomic mass is 10.1. The summed E-state index contributed by atoms with van der Waals surface area (Å²) in [4.78, 5) is 4.42. The molecule has 0 amide bonds. The Morgan fingerprint density at radius 1 is 1.32 bits per heavy atom. The number of rotatable bonds is 4. The van der Waals surface area contributed by atoms with Gasteiger partial charge in [0.05, 0.1) is 12.4 Å². The van der Waals surface area contributed by atoms with E-state index in [0.717, 1.165) is 12.4 Å². The molecule has 0 spiro atoms. The van der Waals surface area contributed by atoms with Crippen LogP contribution in [0.2, 0.25) is 0 Å². The van der Waals surface area contributed by atoms with Crippen LogP contribution in [0.25, 0.3) is 0 Å². The van der Waals surface area contributed by atoms with Crippen molar-refractivity contribution in [3.05, 3.63) is 30.6 Å². The number of hydrogen-bond acceptors (Lipinski definition) is 4. The first-order valence-electron chi connectivity index (χ1n) is 6.42. The first-order chi connectivity index (χ1) is 8.96. The fourth-order valence-corrected chi connectivity index (χ4v) is 1.62. The van der Waals surface area contributed by atoms with Crippen LogP contribution in [-0.2, 0) is 6.54 Å². The van der Waals surface area contributed by atoms with Gasteiger partial charge in [-0.2, -0.15) is 10.1 Å². The van der Waals surface area contributed by atoms with Crippen molar-refractivity contribution in [2.45, 2.75) is 39.8 Å². The van der Waals surface area contributed by atoms with Crippen LogP contribution in [-0.4, -0.2) is 20.3 Å². The van der Waals surface area contributed by atoms with Crippen molar-refractivity contribution in [2.75, 3.05) is 5.32 Å². The molecule has 0 saturated carbocycles. The topological polar surface area (TPSA) is 52.0 Å². The molecule has 5 nitrogen and oxygen atoms in total. The minimum Gasteiger partial charge on any atom is -0.436 e. The number of pyridine rings is 1. The first-order valence-corrected chi connectivity index (χ1v) is 6.42. The van der Waals surface area contributed by atoms with Crippen molar-refractivity contribution >= 4 is 5.82 Å². The predicted molar refractivity (Wildman–Crippen MR) is 75.6 cm³/mol. The number of anilines is 1. The summed E-state index contributed by atoms with van der Waals surface area (Å²) in [6.45, 7) is 9.12. The lowest BCUT2D eigenvalue weighted by Gasteiger charge is -2.21. The molecule has 0 saturated heterocycles. The molecule has 2 aromatic rings. The maximum atomic E-state index is 5.68. The highest BCUT2D eigenvalue weighted by atomic mass is 16.5. The normalized spacial score (nSPS) is 11.4. The monoisotopic (exact) mass is 260 g/mol. The Bertz CT molecular complexity index is 542. The molecule has 0 aliphatic heterocycles. The predicted octanol–water partition coefficient (Wildman–Crippen LogP) is 3.30. The van der Waals surface area contributed by atoms with E-state index in [4.69, 9.17) is 4.74 Å². The van der Waals surface area contributed by atoms with Crippen LogP contribution in [0.5, 0.6) is 11.6 Å². The lowest BCUT2D eigenvalue weighted by Crippen LogP contribution is -2.26.